The minimum Gasteiger partial charge on any atom is -0.494 e. The third-order valence-corrected chi connectivity index (χ3v) is 5.27. The molecule has 30 heavy (non-hydrogen) atoms. The van der Waals surface area contributed by atoms with Gasteiger partial charge in [-0.3, -0.25) is 4.79 Å². The Kier molecular flexibility index (Phi) is 7.50. The van der Waals surface area contributed by atoms with E-state index in [2.05, 4.69) is 41.9 Å². The van der Waals surface area contributed by atoms with Crippen molar-refractivity contribution in [2.75, 3.05) is 6.61 Å². The van der Waals surface area contributed by atoms with Crippen LogP contribution in [0.4, 0.5) is 0 Å². The number of fused-ring (bicyclic) bond motifs is 1. The zero-order valence-corrected chi connectivity index (χ0v) is 18.5. The molecular weight excluding hydrogens is 374 g/mol. The van der Waals surface area contributed by atoms with E-state index in [-0.39, 0.29) is 11.9 Å². The molecule has 1 amide bonds. The maximum Gasteiger partial charge on any atom is 0.220 e. The molecule has 5 heteroatoms. The minimum absolute atomic E-state index is 0.0665. The Hall–Kier alpha value is -2.82. The van der Waals surface area contributed by atoms with E-state index in [1.165, 1.54) is 5.56 Å². The number of hydrogen-bond acceptors (Lipinski definition) is 3. The van der Waals surface area contributed by atoms with Crippen molar-refractivity contribution in [2.45, 2.75) is 65.5 Å². The number of benzene rings is 2. The van der Waals surface area contributed by atoms with Crippen molar-refractivity contribution in [1.82, 2.24) is 14.9 Å². The van der Waals surface area contributed by atoms with Crippen LogP contribution < -0.4 is 10.1 Å². The van der Waals surface area contributed by atoms with E-state index < -0.39 is 0 Å². The van der Waals surface area contributed by atoms with Gasteiger partial charge >= 0.3 is 0 Å². The lowest BCUT2D eigenvalue weighted by atomic mass is 10.0. The van der Waals surface area contributed by atoms with E-state index >= 15 is 0 Å². The molecule has 1 aromatic heterocycles. The fourth-order valence-corrected chi connectivity index (χ4v) is 3.63. The summed E-state index contributed by atoms with van der Waals surface area (Å²) >= 11 is 0. The van der Waals surface area contributed by atoms with Crippen molar-refractivity contribution in [1.29, 1.82) is 0 Å². The zero-order chi connectivity index (χ0) is 21.5. The Morgan fingerprint density at radius 2 is 1.83 bits per heavy atom. The molecule has 0 radical (unpaired) electrons. The molecule has 5 nitrogen and oxygen atoms in total. The topological polar surface area (TPSA) is 56.2 Å². The van der Waals surface area contributed by atoms with Crippen molar-refractivity contribution in [3.63, 3.8) is 0 Å². The number of imidazole rings is 1. The van der Waals surface area contributed by atoms with Crippen LogP contribution in [0.1, 0.15) is 70.3 Å². The molecule has 0 aliphatic heterocycles. The van der Waals surface area contributed by atoms with Gasteiger partial charge in [-0.2, -0.15) is 0 Å². The molecule has 3 rings (SSSR count). The summed E-state index contributed by atoms with van der Waals surface area (Å²) < 4.78 is 8.15. The first-order valence-electron chi connectivity index (χ1n) is 11.0. The number of ether oxygens (including phenoxy) is 1. The monoisotopic (exact) mass is 407 g/mol. The molecule has 1 N–H and O–H groups in total. The quantitative estimate of drug-likeness (QED) is 0.445. The number of para-hydroxylation sites is 2. The number of nitrogens with one attached hydrogen (secondary N) is 1. The fraction of sp³-hybridized carbons (Fsp3) is 0.440. The van der Waals surface area contributed by atoms with Gasteiger partial charge in [-0.25, -0.2) is 4.98 Å². The van der Waals surface area contributed by atoms with Crippen LogP contribution >= 0.6 is 0 Å². The summed E-state index contributed by atoms with van der Waals surface area (Å²) in [6.45, 7) is 9.80. The van der Waals surface area contributed by atoms with Crippen LogP contribution in [0.5, 0.6) is 5.75 Å². The summed E-state index contributed by atoms with van der Waals surface area (Å²) in [7, 11) is 0. The predicted molar refractivity (Wildman–Crippen MR) is 122 cm³/mol. The maximum atomic E-state index is 12.1. The summed E-state index contributed by atoms with van der Waals surface area (Å²) in [5.74, 6) is 2.38. The van der Waals surface area contributed by atoms with Gasteiger partial charge in [0, 0.05) is 13.0 Å². The molecule has 3 aromatic rings. The molecular formula is C25H33N3O2. The number of amides is 1. The van der Waals surface area contributed by atoms with E-state index in [0.29, 0.717) is 18.9 Å². The lowest BCUT2D eigenvalue weighted by Gasteiger charge is -2.16. The van der Waals surface area contributed by atoms with Gasteiger partial charge in [-0.15, -0.1) is 0 Å². The van der Waals surface area contributed by atoms with Gasteiger partial charge < -0.3 is 14.6 Å². The Morgan fingerprint density at radius 1 is 1.10 bits per heavy atom. The van der Waals surface area contributed by atoms with Crippen LogP contribution in [-0.2, 0) is 11.3 Å². The van der Waals surface area contributed by atoms with Crippen molar-refractivity contribution in [2.24, 2.45) is 0 Å². The molecule has 0 aliphatic carbocycles. The number of aromatic nitrogens is 2. The lowest BCUT2D eigenvalue weighted by molar-refractivity contribution is -0.121. The molecule has 0 fully saturated rings. The number of aryl methyl sites for hydroxylation is 1. The summed E-state index contributed by atoms with van der Waals surface area (Å²) in [6.07, 6.45) is 2.23. The van der Waals surface area contributed by atoms with Gasteiger partial charge in [-0.1, -0.05) is 45.0 Å². The number of carbonyl (C=O) groups excluding carboxylic acids is 1. The van der Waals surface area contributed by atoms with Crippen molar-refractivity contribution >= 4 is 16.9 Å². The summed E-state index contributed by atoms with van der Waals surface area (Å²) in [5.41, 5.74) is 3.36. The predicted octanol–water partition coefficient (Wildman–Crippen LogP) is 5.61. The van der Waals surface area contributed by atoms with Gasteiger partial charge in [0.15, 0.2) is 0 Å². The second-order valence-corrected chi connectivity index (χ2v) is 8.08. The Morgan fingerprint density at radius 3 is 2.53 bits per heavy atom. The highest BCUT2D eigenvalue weighted by molar-refractivity contribution is 5.78. The van der Waals surface area contributed by atoms with Crippen molar-refractivity contribution in [3.8, 4) is 5.75 Å². The van der Waals surface area contributed by atoms with E-state index in [1.807, 2.05) is 44.2 Å². The average molecular weight is 408 g/mol. The van der Waals surface area contributed by atoms with Gasteiger partial charge in [0.25, 0.3) is 0 Å². The molecule has 1 heterocycles. The molecule has 0 aliphatic rings. The van der Waals surface area contributed by atoms with Crippen LogP contribution in [0.3, 0.4) is 0 Å². The summed E-state index contributed by atoms with van der Waals surface area (Å²) in [4.78, 5) is 16.9. The van der Waals surface area contributed by atoms with Crippen LogP contribution in [0.25, 0.3) is 11.0 Å². The van der Waals surface area contributed by atoms with E-state index in [1.54, 1.807) is 0 Å². The molecule has 1 atom stereocenters. The third kappa shape index (κ3) is 5.41. The van der Waals surface area contributed by atoms with Crippen molar-refractivity contribution < 1.29 is 9.53 Å². The van der Waals surface area contributed by atoms with Crippen LogP contribution in [0, 0.1) is 0 Å². The summed E-state index contributed by atoms with van der Waals surface area (Å²) in [5, 5.41) is 3.08. The maximum absolute atomic E-state index is 12.1. The van der Waals surface area contributed by atoms with Gasteiger partial charge in [0.2, 0.25) is 5.91 Å². The molecule has 2 aromatic carbocycles. The first-order valence-corrected chi connectivity index (χ1v) is 11.0. The highest BCUT2D eigenvalue weighted by atomic mass is 16.5. The van der Waals surface area contributed by atoms with E-state index in [9.17, 15) is 4.79 Å². The average Bonchev–Trinajstić information content (AvgIpc) is 3.10. The highest BCUT2D eigenvalue weighted by Crippen LogP contribution is 2.22. The van der Waals surface area contributed by atoms with Crippen molar-refractivity contribution in [3.05, 3.63) is 59.9 Å². The molecule has 1 unspecified atom stereocenters. The molecule has 0 spiro atoms. The minimum atomic E-state index is -0.138. The first-order chi connectivity index (χ1) is 14.5. The second-order valence-electron chi connectivity index (χ2n) is 8.08. The van der Waals surface area contributed by atoms with Gasteiger partial charge in [0.05, 0.1) is 23.7 Å². The fourth-order valence-electron chi connectivity index (χ4n) is 3.63. The normalized spacial score (nSPS) is 12.3. The Labute approximate surface area is 179 Å². The largest absolute Gasteiger partial charge is 0.494 e. The van der Waals surface area contributed by atoms with Crippen LogP contribution in [0.15, 0.2) is 48.5 Å². The van der Waals surface area contributed by atoms with Gasteiger partial charge in [-0.05, 0) is 55.5 Å². The number of nitrogens with zero attached hydrogens (tertiary/aromatic N) is 2. The molecule has 0 saturated carbocycles. The number of rotatable bonds is 10. The first kappa shape index (κ1) is 21.9. The van der Waals surface area contributed by atoms with E-state index in [0.717, 1.165) is 42.0 Å². The van der Waals surface area contributed by atoms with Crippen LogP contribution in [-0.4, -0.2) is 22.1 Å². The number of carbonyl (C=O) groups is 1. The Balaban J connectivity index is 1.66. The van der Waals surface area contributed by atoms with Gasteiger partial charge in [0.1, 0.15) is 11.6 Å². The summed E-state index contributed by atoms with van der Waals surface area (Å²) in [6, 6.07) is 16.3. The molecule has 0 bridgehead atoms. The third-order valence-electron chi connectivity index (χ3n) is 5.27. The van der Waals surface area contributed by atoms with E-state index in [4.69, 9.17) is 9.72 Å². The van der Waals surface area contributed by atoms with Crippen LogP contribution in [0.2, 0.25) is 0 Å². The zero-order valence-electron chi connectivity index (χ0n) is 18.5. The highest BCUT2D eigenvalue weighted by Gasteiger charge is 2.18. The second kappa shape index (κ2) is 10.3. The molecule has 0 saturated heterocycles. The smallest absolute Gasteiger partial charge is 0.220 e. The lowest BCUT2D eigenvalue weighted by Crippen LogP contribution is -2.28. The molecule has 160 valence electrons. The standard InChI is InChI=1S/C25H33N3O2/c1-5-9-24(29)26-19(4)25-27-22-10-6-7-11-23(22)28(25)16-8-17-30-21-14-12-20(13-15-21)18(2)3/h6-7,10-15,18-19H,5,8-9,16-17H2,1-4H3,(H,26,29). The number of hydrogen-bond donors (Lipinski definition) is 1. The Bertz CT molecular complexity index is 960. The SMILES string of the molecule is CCCC(=O)NC(C)c1nc2ccccc2n1CCCOc1ccc(C(C)C)cc1.